The van der Waals surface area contributed by atoms with E-state index in [1.165, 1.54) is 17.7 Å². The first-order chi connectivity index (χ1) is 9.11. The molecule has 0 unspecified atom stereocenters. The predicted octanol–water partition coefficient (Wildman–Crippen LogP) is 1.85. The van der Waals surface area contributed by atoms with Gasteiger partial charge in [0.2, 0.25) is 5.91 Å². The topological polar surface area (TPSA) is 91.2 Å². The van der Waals surface area contributed by atoms with Gasteiger partial charge >= 0.3 is 0 Å². The van der Waals surface area contributed by atoms with Gasteiger partial charge in [-0.25, -0.2) is 4.98 Å². The number of amides is 1. The summed E-state index contributed by atoms with van der Waals surface area (Å²) in [4.78, 5) is 14.4. The Morgan fingerprint density at radius 2 is 1.95 bits per heavy atom. The molecule has 108 valence electrons. The standard InChI is InChI=1S/C7H9N3O.C4H8OS.C2H6/c1-4-2-5(7(9)11)3-10-6(4)8;1-3-6-4-2-5-1;1-2/h2-3H,1H3,(H2,8,10)(H2,9,11);1-4H2;1-2H3. The van der Waals surface area contributed by atoms with Gasteiger partial charge in [0.05, 0.1) is 18.8 Å². The zero-order valence-electron chi connectivity index (χ0n) is 11.8. The second kappa shape index (κ2) is 10.6. The van der Waals surface area contributed by atoms with E-state index in [1.54, 1.807) is 13.0 Å². The highest BCUT2D eigenvalue weighted by Gasteiger charge is 2.01. The van der Waals surface area contributed by atoms with Crippen LogP contribution in [0.3, 0.4) is 0 Å². The number of thioether (sulfide) groups is 1. The van der Waals surface area contributed by atoms with E-state index < -0.39 is 5.91 Å². The van der Waals surface area contributed by atoms with Crippen LogP contribution in [0, 0.1) is 6.92 Å². The third-order valence-electron chi connectivity index (χ3n) is 2.15. The molecular formula is C13H23N3O2S. The van der Waals surface area contributed by atoms with Gasteiger partial charge in [0, 0.05) is 17.7 Å². The third-order valence-corrected chi connectivity index (χ3v) is 3.06. The van der Waals surface area contributed by atoms with Gasteiger partial charge in [-0.05, 0) is 18.6 Å². The van der Waals surface area contributed by atoms with Gasteiger partial charge in [0.25, 0.3) is 0 Å². The molecule has 1 aliphatic heterocycles. The Morgan fingerprint density at radius 3 is 2.26 bits per heavy atom. The Bertz CT molecular complexity index is 371. The van der Waals surface area contributed by atoms with E-state index in [0.717, 1.165) is 18.8 Å². The molecule has 1 amide bonds. The minimum absolute atomic E-state index is 0.386. The molecule has 0 atom stereocenters. The molecule has 0 bridgehead atoms. The first-order valence-electron chi connectivity index (χ1n) is 6.28. The molecule has 0 aromatic carbocycles. The van der Waals surface area contributed by atoms with E-state index in [2.05, 4.69) is 4.98 Å². The first-order valence-corrected chi connectivity index (χ1v) is 7.44. The van der Waals surface area contributed by atoms with Crippen molar-refractivity contribution in [1.29, 1.82) is 0 Å². The number of pyridine rings is 1. The van der Waals surface area contributed by atoms with E-state index in [-0.39, 0.29) is 0 Å². The fraction of sp³-hybridized carbons (Fsp3) is 0.538. The molecule has 0 saturated carbocycles. The molecule has 5 nitrogen and oxygen atoms in total. The Labute approximate surface area is 119 Å². The van der Waals surface area contributed by atoms with E-state index in [1.807, 2.05) is 25.6 Å². The number of hydrogen-bond acceptors (Lipinski definition) is 5. The summed E-state index contributed by atoms with van der Waals surface area (Å²) in [5.74, 6) is 2.33. The van der Waals surface area contributed by atoms with Crippen molar-refractivity contribution in [3.05, 3.63) is 23.4 Å². The lowest BCUT2D eigenvalue weighted by Crippen LogP contribution is -2.12. The van der Waals surface area contributed by atoms with Crippen LogP contribution >= 0.6 is 11.8 Å². The Kier molecular flexibility index (Phi) is 9.92. The number of carbonyl (C=O) groups is 1. The summed E-state index contributed by atoms with van der Waals surface area (Å²) in [7, 11) is 0. The fourth-order valence-electron chi connectivity index (χ4n) is 1.16. The number of nitrogens with zero attached hydrogens (tertiary/aromatic N) is 1. The summed E-state index contributed by atoms with van der Waals surface area (Å²) >= 11 is 1.97. The van der Waals surface area contributed by atoms with Crippen molar-refractivity contribution in [2.75, 3.05) is 30.5 Å². The SMILES string of the molecule is C1CSCCO1.CC.Cc1cc(C(N)=O)cnc1N. The summed E-state index contributed by atoms with van der Waals surface area (Å²) in [6.45, 7) is 7.70. The van der Waals surface area contributed by atoms with Gasteiger partial charge < -0.3 is 16.2 Å². The van der Waals surface area contributed by atoms with E-state index in [9.17, 15) is 4.79 Å². The number of carbonyl (C=O) groups excluding carboxylic acids is 1. The summed E-state index contributed by atoms with van der Waals surface area (Å²) in [5.41, 5.74) is 11.6. The second-order valence-corrected chi connectivity index (χ2v) is 4.74. The summed E-state index contributed by atoms with van der Waals surface area (Å²) in [6.07, 6.45) is 1.37. The van der Waals surface area contributed by atoms with E-state index in [4.69, 9.17) is 16.2 Å². The lowest BCUT2D eigenvalue weighted by molar-refractivity contribution is 0.1000. The number of aryl methyl sites for hydroxylation is 1. The third kappa shape index (κ3) is 7.69. The largest absolute Gasteiger partial charge is 0.383 e. The van der Waals surface area contributed by atoms with Crippen molar-refractivity contribution in [2.45, 2.75) is 20.8 Å². The van der Waals surface area contributed by atoms with Crippen molar-refractivity contribution in [3.8, 4) is 0 Å². The number of hydrogen-bond donors (Lipinski definition) is 2. The molecule has 6 heteroatoms. The zero-order chi connectivity index (χ0) is 14.7. The molecule has 2 heterocycles. The number of primary amides is 1. The molecule has 4 N–H and O–H groups in total. The van der Waals surface area contributed by atoms with Gasteiger partial charge in [-0.15, -0.1) is 0 Å². The molecule has 0 radical (unpaired) electrons. The molecule has 1 aromatic rings. The van der Waals surface area contributed by atoms with Crippen LogP contribution in [0.4, 0.5) is 5.82 Å². The van der Waals surface area contributed by atoms with Gasteiger partial charge in [-0.3, -0.25) is 4.79 Å². The van der Waals surface area contributed by atoms with Gasteiger partial charge in [0.15, 0.2) is 0 Å². The fourth-order valence-corrected chi connectivity index (χ4v) is 1.84. The van der Waals surface area contributed by atoms with E-state index >= 15 is 0 Å². The molecule has 1 aliphatic rings. The summed E-state index contributed by atoms with van der Waals surface area (Å²) in [6, 6.07) is 1.62. The molecule has 0 aliphatic carbocycles. The Hall–Kier alpha value is -1.27. The van der Waals surface area contributed by atoms with Crippen LogP contribution in [0.15, 0.2) is 12.3 Å². The number of anilines is 1. The monoisotopic (exact) mass is 285 g/mol. The highest BCUT2D eigenvalue weighted by Crippen LogP contribution is 2.07. The summed E-state index contributed by atoms with van der Waals surface area (Å²) < 4.78 is 5.05. The van der Waals surface area contributed by atoms with Gasteiger partial charge in [-0.1, -0.05) is 13.8 Å². The van der Waals surface area contributed by atoms with Crippen molar-refractivity contribution >= 4 is 23.5 Å². The van der Waals surface area contributed by atoms with Crippen LogP contribution in [0.1, 0.15) is 29.8 Å². The molecule has 19 heavy (non-hydrogen) atoms. The molecule has 1 saturated heterocycles. The van der Waals surface area contributed by atoms with Crippen molar-refractivity contribution < 1.29 is 9.53 Å². The van der Waals surface area contributed by atoms with E-state index in [0.29, 0.717) is 11.4 Å². The highest BCUT2D eigenvalue weighted by molar-refractivity contribution is 7.99. The maximum Gasteiger partial charge on any atom is 0.250 e. The second-order valence-electron chi connectivity index (χ2n) is 3.52. The van der Waals surface area contributed by atoms with Crippen LogP contribution in [-0.4, -0.2) is 35.6 Å². The quantitative estimate of drug-likeness (QED) is 0.821. The normalized spacial score (nSPS) is 13.4. The molecule has 1 fully saturated rings. The highest BCUT2D eigenvalue weighted by atomic mass is 32.2. The molecule has 0 spiro atoms. The van der Waals surface area contributed by atoms with Crippen LogP contribution in [-0.2, 0) is 4.74 Å². The zero-order valence-corrected chi connectivity index (χ0v) is 12.6. The number of aromatic nitrogens is 1. The number of nitrogens with two attached hydrogens (primary N) is 2. The molecular weight excluding hydrogens is 262 g/mol. The molecule has 2 rings (SSSR count). The van der Waals surface area contributed by atoms with Gasteiger partial charge in [-0.2, -0.15) is 11.8 Å². The number of rotatable bonds is 1. The Morgan fingerprint density at radius 1 is 1.37 bits per heavy atom. The maximum absolute atomic E-state index is 10.6. The van der Waals surface area contributed by atoms with Crippen LogP contribution in [0.2, 0.25) is 0 Å². The minimum atomic E-state index is -0.486. The van der Waals surface area contributed by atoms with Crippen molar-refractivity contribution in [3.63, 3.8) is 0 Å². The van der Waals surface area contributed by atoms with Crippen LogP contribution in [0.5, 0.6) is 0 Å². The van der Waals surface area contributed by atoms with Crippen LogP contribution < -0.4 is 11.5 Å². The average molecular weight is 285 g/mol. The lowest BCUT2D eigenvalue weighted by Gasteiger charge is -2.07. The summed E-state index contributed by atoms with van der Waals surface area (Å²) in [5, 5.41) is 0. The maximum atomic E-state index is 10.6. The Balaban J connectivity index is 0.000000341. The smallest absolute Gasteiger partial charge is 0.250 e. The average Bonchev–Trinajstić information content (AvgIpc) is 2.46. The van der Waals surface area contributed by atoms with Crippen molar-refractivity contribution in [1.82, 2.24) is 4.98 Å². The van der Waals surface area contributed by atoms with Crippen LogP contribution in [0.25, 0.3) is 0 Å². The predicted molar refractivity (Wildman–Crippen MR) is 81.4 cm³/mol. The first kappa shape index (κ1) is 17.7. The minimum Gasteiger partial charge on any atom is -0.383 e. The number of nitrogen functional groups attached to an aromatic ring is 1. The molecule has 1 aromatic heterocycles. The van der Waals surface area contributed by atoms with Gasteiger partial charge in [0.1, 0.15) is 5.82 Å². The number of ether oxygens (including phenoxy) is 1. The lowest BCUT2D eigenvalue weighted by atomic mass is 10.2. The van der Waals surface area contributed by atoms with Crippen molar-refractivity contribution in [2.24, 2.45) is 5.73 Å².